The number of hydrogen-bond donors (Lipinski definition) is 1. The first-order chi connectivity index (χ1) is 25.3. The maximum absolute atomic E-state index is 6.80. The van der Waals surface area contributed by atoms with Crippen LogP contribution in [0.4, 0.5) is 0 Å². The molecule has 1 atom stereocenters. The highest BCUT2D eigenvalue weighted by Gasteiger charge is 2.27. The van der Waals surface area contributed by atoms with Gasteiger partial charge in [0.25, 0.3) is 0 Å². The molecule has 0 saturated carbocycles. The molecule has 0 saturated heterocycles. The molecule has 1 N–H and O–H groups in total. The van der Waals surface area contributed by atoms with E-state index in [0.717, 1.165) is 83.1 Å². The van der Waals surface area contributed by atoms with Crippen molar-refractivity contribution < 1.29 is 8.83 Å². The Bertz CT molecular complexity index is 3020. The quantitative estimate of drug-likeness (QED) is 0.205. The Morgan fingerprint density at radius 1 is 0.510 bits per heavy atom. The van der Waals surface area contributed by atoms with E-state index < -0.39 is 6.17 Å². The number of nitrogens with zero attached hydrogens (tertiary/aromatic N) is 3. The fourth-order valence-corrected chi connectivity index (χ4v) is 7.88. The van der Waals surface area contributed by atoms with Crippen molar-refractivity contribution in [2.45, 2.75) is 6.17 Å². The number of aromatic nitrogens is 1. The number of benzene rings is 7. The third-order valence-corrected chi connectivity index (χ3v) is 10.1. The van der Waals surface area contributed by atoms with E-state index in [0.29, 0.717) is 5.84 Å². The first-order valence-corrected chi connectivity index (χ1v) is 17.1. The zero-order valence-electron chi connectivity index (χ0n) is 27.2. The van der Waals surface area contributed by atoms with Crippen LogP contribution in [0.15, 0.2) is 177 Å². The predicted octanol–water partition coefficient (Wildman–Crippen LogP) is 11.1. The lowest BCUT2D eigenvalue weighted by molar-refractivity contribution is 0.659. The van der Waals surface area contributed by atoms with Gasteiger partial charge in [0.05, 0.1) is 27.7 Å². The molecule has 10 aromatic rings. The minimum Gasteiger partial charge on any atom is -0.456 e. The van der Waals surface area contributed by atoms with Crippen molar-refractivity contribution in [1.29, 1.82) is 0 Å². The average molecular weight is 657 g/mol. The van der Waals surface area contributed by atoms with Crippen LogP contribution in [0.3, 0.4) is 0 Å². The maximum Gasteiger partial charge on any atom is 0.163 e. The lowest BCUT2D eigenvalue weighted by atomic mass is 10.0. The molecule has 6 heteroatoms. The number of para-hydroxylation sites is 4. The largest absolute Gasteiger partial charge is 0.456 e. The minimum absolute atomic E-state index is 0.426. The monoisotopic (exact) mass is 656 g/mol. The second-order valence-electron chi connectivity index (χ2n) is 12.9. The maximum atomic E-state index is 6.80. The van der Waals surface area contributed by atoms with Crippen LogP contribution in [0.5, 0.6) is 0 Å². The highest BCUT2D eigenvalue weighted by molar-refractivity contribution is 6.21. The molecule has 4 heterocycles. The molecule has 0 fully saturated rings. The third-order valence-electron chi connectivity index (χ3n) is 10.1. The molecule has 11 rings (SSSR count). The molecule has 240 valence electrons. The first-order valence-electron chi connectivity index (χ1n) is 17.1. The van der Waals surface area contributed by atoms with Gasteiger partial charge in [0, 0.05) is 38.1 Å². The van der Waals surface area contributed by atoms with Crippen LogP contribution in [-0.2, 0) is 0 Å². The number of amidine groups is 2. The number of fused-ring (bicyclic) bond motifs is 9. The van der Waals surface area contributed by atoms with Crippen molar-refractivity contribution in [3.05, 3.63) is 174 Å². The number of hydrogen-bond acceptors (Lipinski definition) is 5. The number of furan rings is 2. The number of rotatable bonds is 4. The zero-order valence-corrected chi connectivity index (χ0v) is 27.2. The molecule has 1 aliphatic rings. The van der Waals surface area contributed by atoms with Gasteiger partial charge >= 0.3 is 0 Å². The SMILES string of the molecule is c1ccc(C2=NC(c3cccc4c3oc3cccc(-n5c6ccccc6c6ccccc65)c34)=NC(c3cccc4oc5ccccc5c34)N2)cc1. The standard InChI is InChI=1S/C45H28N4O2/c1-2-13-27(14-3-1)43-46-44(32-19-11-25-38-40(32)30-17-6-9-24-37(30)50-38)48-45(47-43)33-20-10-18-31-41-36(23-12-26-39(41)51-42(31)33)49-34-21-7-4-15-28(34)29-16-5-8-22-35(29)49/h1-26,44H,(H,46,47,48). The molecular weight excluding hydrogens is 629 g/mol. The summed E-state index contributed by atoms with van der Waals surface area (Å²) in [6.45, 7) is 0. The van der Waals surface area contributed by atoms with Gasteiger partial charge in [-0.15, -0.1) is 0 Å². The minimum atomic E-state index is -0.426. The van der Waals surface area contributed by atoms with Gasteiger partial charge in [-0.1, -0.05) is 115 Å². The van der Waals surface area contributed by atoms with E-state index in [-0.39, 0.29) is 0 Å². The summed E-state index contributed by atoms with van der Waals surface area (Å²) in [5.74, 6) is 1.35. The Morgan fingerprint density at radius 3 is 1.94 bits per heavy atom. The lowest BCUT2D eigenvalue weighted by Gasteiger charge is -2.24. The number of nitrogens with one attached hydrogen (secondary N) is 1. The third kappa shape index (κ3) is 4.17. The smallest absolute Gasteiger partial charge is 0.163 e. The van der Waals surface area contributed by atoms with Crippen LogP contribution in [0.1, 0.15) is 22.9 Å². The molecular formula is C45H28N4O2. The molecule has 0 bridgehead atoms. The molecule has 0 amide bonds. The van der Waals surface area contributed by atoms with Gasteiger partial charge in [-0.3, -0.25) is 0 Å². The molecule has 1 unspecified atom stereocenters. The molecule has 0 aliphatic carbocycles. The molecule has 1 aliphatic heterocycles. The Labute approximate surface area is 291 Å². The van der Waals surface area contributed by atoms with Gasteiger partial charge in [-0.05, 0) is 42.5 Å². The summed E-state index contributed by atoms with van der Waals surface area (Å²) < 4.78 is 15.4. The van der Waals surface area contributed by atoms with E-state index in [1.807, 2.05) is 54.6 Å². The molecule has 51 heavy (non-hydrogen) atoms. The van der Waals surface area contributed by atoms with Gasteiger partial charge in [0.1, 0.15) is 34.3 Å². The van der Waals surface area contributed by atoms with Crippen LogP contribution < -0.4 is 5.32 Å². The van der Waals surface area contributed by atoms with Gasteiger partial charge in [-0.25, -0.2) is 9.98 Å². The molecule has 7 aromatic carbocycles. The average Bonchev–Trinajstić information content (AvgIpc) is 3.88. The predicted molar refractivity (Wildman–Crippen MR) is 207 cm³/mol. The van der Waals surface area contributed by atoms with Crippen molar-refractivity contribution >= 4 is 77.4 Å². The highest BCUT2D eigenvalue weighted by Crippen LogP contribution is 2.40. The van der Waals surface area contributed by atoms with Crippen LogP contribution in [-0.4, -0.2) is 16.2 Å². The Morgan fingerprint density at radius 2 is 1.14 bits per heavy atom. The molecule has 0 spiro atoms. The molecule has 6 nitrogen and oxygen atoms in total. The van der Waals surface area contributed by atoms with Crippen molar-refractivity contribution in [1.82, 2.24) is 9.88 Å². The van der Waals surface area contributed by atoms with Crippen molar-refractivity contribution in [2.75, 3.05) is 0 Å². The fraction of sp³-hybridized carbons (Fsp3) is 0.0222. The summed E-state index contributed by atoms with van der Waals surface area (Å²) in [7, 11) is 0. The highest BCUT2D eigenvalue weighted by atomic mass is 16.3. The van der Waals surface area contributed by atoms with E-state index >= 15 is 0 Å². The summed E-state index contributed by atoms with van der Waals surface area (Å²) >= 11 is 0. The van der Waals surface area contributed by atoms with Crippen molar-refractivity contribution in [3.63, 3.8) is 0 Å². The summed E-state index contributed by atoms with van der Waals surface area (Å²) in [6, 6.07) is 54.3. The van der Waals surface area contributed by atoms with Crippen LogP contribution in [0, 0.1) is 0 Å². The van der Waals surface area contributed by atoms with Gasteiger partial charge in [0.15, 0.2) is 5.84 Å². The summed E-state index contributed by atoms with van der Waals surface area (Å²) in [6.07, 6.45) is -0.426. The van der Waals surface area contributed by atoms with Gasteiger partial charge < -0.3 is 18.7 Å². The fourth-order valence-electron chi connectivity index (χ4n) is 7.88. The van der Waals surface area contributed by atoms with Crippen molar-refractivity contribution in [3.8, 4) is 5.69 Å². The Kier molecular flexibility index (Phi) is 5.92. The van der Waals surface area contributed by atoms with Crippen LogP contribution in [0.2, 0.25) is 0 Å². The normalized spacial score (nSPS) is 14.9. The topological polar surface area (TPSA) is 68.0 Å². The van der Waals surface area contributed by atoms with E-state index in [4.69, 9.17) is 18.8 Å². The molecule has 0 radical (unpaired) electrons. The van der Waals surface area contributed by atoms with E-state index in [1.165, 1.54) is 10.8 Å². The van der Waals surface area contributed by atoms with E-state index in [2.05, 4.69) is 113 Å². The summed E-state index contributed by atoms with van der Waals surface area (Å²) in [4.78, 5) is 10.5. The first kappa shape index (κ1) is 28.0. The van der Waals surface area contributed by atoms with Crippen LogP contribution >= 0.6 is 0 Å². The lowest BCUT2D eigenvalue weighted by Crippen LogP contribution is -2.33. The second kappa shape index (κ2) is 10.8. The second-order valence-corrected chi connectivity index (χ2v) is 12.9. The summed E-state index contributed by atoms with van der Waals surface area (Å²) in [5, 5.41) is 10.3. The van der Waals surface area contributed by atoms with E-state index in [9.17, 15) is 0 Å². The zero-order chi connectivity index (χ0) is 33.5. The molecule has 3 aromatic heterocycles. The van der Waals surface area contributed by atoms with E-state index in [1.54, 1.807) is 0 Å². The van der Waals surface area contributed by atoms with Crippen molar-refractivity contribution in [2.24, 2.45) is 9.98 Å². The van der Waals surface area contributed by atoms with Crippen LogP contribution in [0.25, 0.3) is 71.4 Å². The van der Waals surface area contributed by atoms with Gasteiger partial charge in [0.2, 0.25) is 0 Å². The Hall–Kier alpha value is -6.92. The Balaban J connectivity index is 1.15. The summed E-state index contributed by atoms with van der Waals surface area (Å²) in [5.41, 5.74) is 9.44. The number of aliphatic imine (C=N–C) groups is 2. The van der Waals surface area contributed by atoms with Gasteiger partial charge in [-0.2, -0.15) is 0 Å².